The van der Waals surface area contributed by atoms with Crippen LogP contribution in [0.5, 0.6) is 0 Å². The van der Waals surface area contributed by atoms with E-state index in [2.05, 4.69) is 41.0 Å². The molecule has 0 amide bonds. The average Bonchev–Trinajstić information content (AvgIpc) is 1.64. The van der Waals surface area contributed by atoms with Gasteiger partial charge in [-0.1, -0.05) is 20.8 Å². The van der Waals surface area contributed by atoms with Gasteiger partial charge in [0, 0.05) is 5.41 Å². The highest BCUT2D eigenvalue weighted by Crippen LogP contribution is 2.27. The van der Waals surface area contributed by atoms with E-state index in [1.807, 2.05) is 0 Å². The lowest BCUT2D eigenvalue weighted by Crippen LogP contribution is -2.17. The van der Waals surface area contributed by atoms with Crippen LogP contribution in [-0.2, 0) is 0 Å². The molecule has 0 aromatic carbocycles. The van der Waals surface area contributed by atoms with Gasteiger partial charge >= 0.3 is 0 Å². The maximum Gasteiger partial charge on any atom is 0.0997 e. The molecule has 0 fully saturated rings. The van der Waals surface area contributed by atoms with Gasteiger partial charge in [-0.2, -0.15) is 0 Å². The third kappa shape index (κ3) is 3.45. The second-order valence-electron chi connectivity index (χ2n) is 3.80. The summed E-state index contributed by atoms with van der Waals surface area (Å²) in [6, 6.07) is 0. The lowest BCUT2D eigenvalue weighted by atomic mass is 9.80. The monoisotopic (exact) mass is 127 g/mol. The van der Waals surface area contributed by atoms with Gasteiger partial charge in [-0.05, 0) is 13.8 Å². The molecule has 0 saturated heterocycles. The van der Waals surface area contributed by atoms with Gasteiger partial charge in [0.15, 0.2) is 0 Å². The van der Waals surface area contributed by atoms with Crippen LogP contribution in [0.2, 0.25) is 0 Å². The molecule has 1 atom stereocenters. The molecule has 0 nitrogen and oxygen atoms in total. The molecule has 0 heteroatoms. The van der Waals surface area contributed by atoms with Crippen molar-refractivity contribution in [2.24, 2.45) is 11.3 Å². The van der Waals surface area contributed by atoms with Crippen molar-refractivity contribution in [3.8, 4) is 0 Å². The smallest absolute Gasteiger partial charge is 0.0558 e. The SMILES string of the molecule is CC[CH+]C(C)C(C)(C)C. The first kappa shape index (κ1) is 8.87. The summed E-state index contributed by atoms with van der Waals surface area (Å²) in [4.78, 5) is 0. The quantitative estimate of drug-likeness (QED) is 0.499. The Bertz CT molecular complexity index is 66.6. The minimum Gasteiger partial charge on any atom is -0.0558 e. The van der Waals surface area contributed by atoms with Gasteiger partial charge in [0.05, 0.1) is 18.8 Å². The van der Waals surface area contributed by atoms with Crippen LogP contribution in [0, 0.1) is 17.8 Å². The molecule has 0 aliphatic heterocycles. The molecule has 0 aromatic heterocycles. The highest BCUT2D eigenvalue weighted by Gasteiger charge is 2.25. The van der Waals surface area contributed by atoms with Crippen LogP contribution in [0.4, 0.5) is 0 Å². The zero-order valence-electron chi connectivity index (χ0n) is 7.36. The zero-order chi connectivity index (χ0) is 7.49. The number of hydrogen-bond acceptors (Lipinski definition) is 0. The molecule has 0 bridgehead atoms. The van der Waals surface area contributed by atoms with Crippen molar-refractivity contribution in [3.05, 3.63) is 6.42 Å². The molecule has 0 N–H and O–H groups in total. The van der Waals surface area contributed by atoms with E-state index in [-0.39, 0.29) is 0 Å². The molecule has 0 heterocycles. The van der Waals surface area contributed by atoms with Crippen LogP contribution in [0.15, 0.2) is 0 Å². The Morgan fingerprint density at radius 2 is 1.78 bits per heavy atom. The largest absolute Gasteiger partial charge is 0.0997 e. The molecule has 0 aromatic rings. The molecular weight excluding hydrogens is 108 g/mol. The Hall–Kier alpha value is -0.130. The molecule has 1 unspecified atom stereocenters. The Labute approximate surface area is 59.7 Å². The lowest BCUT2D eigenvalue weighted by molar-refractivity contribution is 0.292. The standard InChI is InChI=1S/C9H19/c1-6-7-8(2)9(3,4)5/h7-8H,6H2,1-5H3/q+1. The molecule has 9 heavy (non-hydrogen) atoms. The molecular formula is C9H19+. The van der Waals surface area contributed by atoms with Crippen molar-refractivity contribution < 1.29 is 0 Å². The minimum atomic E-state index is 0.454. The number of hydrogen-bond donors (Lipinski definition) is 0. The van der Waals surface area contributed by atoms with Gasteiger partial charge < -0.3 is 0 Å². The van der Waals surface area contributed by atoms with E-state index in [4.69, 9.17) is 0 Å². The maximum absolute atomic E-state index is 2.38. The summed E-state index contributed by atoms with van der Waals surface area (Å²) in [6.07, 6.45) is 3.57. The van der Waals surface area contributed by atoms with Crippen molar-refractivity contribution in [1.82, 2.24) is 0 Å². The highest BCUT2D eigenvalue weighted by molar-refractivity contribution is 4.80. The van der Waals surface area contributed by atoms with Crippen molar-refractivity contribution in [2.45, 2.75) is 41.0 Å². The van der Waals surface area contributed by atoms with E-state index in [9.17, 15) is 0 Å². The molecule has 0 rings (SSSR count). The summed E-state index contributed by atoms with van der Waals surface area (Å²) in [6.45, 7) is 11.3. The fourth-order valence-electron chi connectivity index (χ4n) is 0.707. The third-order valence-corrected chi connectivity index (χ3v) is 1.96. The Balaban J connectivity index is 3.59. The fourth-order valence-corrected chi connectivity index (χ4v) is 0.707. The summed E-state index contributed by atoms with van der Waals surface area (Å²) < 4.78 is 0. The van der Waals surface area contributed by atoms with Gasteiger partial charge in [-0.3, -0.25) is 0 Å². The Kier molecular flexibility index (Phi) is 3.10. The van der Waals surface area contributed by atoms with Crippen molar-refractivity contribution in [2.75, 3.05) is 0 Å². The second kappa shape index (κ2) is 3.14. The lowest BCUT2D eigenvalue weighted by Gasteiger charge is -2.19. The van der Waals surface area contributed by atoms with Crippen molar-refractivity contribution in [3.63, 3.8) is 0 Å². The normalized spacial score (nSPS) is 15.2. The van der Waals surface area contributed by atoms with E-state index in [0.717, 1.165) is 5.92 Å². The maximum atomic E-state index is 2.38. The van der Waals surface area contributed by atoms with Crippen molar-refractivity contribution in [1.29, 1.82) is 0 Å². The van der Waals surface area contributed by atoms with Gasteiger partial charge in [0.2, 0.25) is 0 Å². The van der Waals surface area contributed by atoms with Crippen LogP contribution < -0.4 is 0 Å². The topological polar surface area (TPSA) is 0 Å². The predicted octanol–water partition coefficient (Wildman–Crippen LogP) is 3.28. The first-order chi connectivity index (χ1) is 3.98. The van der Waals surface area contributed by atoms with E-state index in [1.165, 1.54) is 6.42 Å². The van der Waals surface area contributed by atoms with Crippen LogP contribution in [0.1, 0.15) is 41.0 Å². The van der Waals surface area contributed by atoms with E-state index < -0.39 is 0 Å². The molecule has 54 valence electrons. The Morgan fingerprint density at radius 1 is 1.33 bits per heavy atom. The average molecular weight is 127 g/mol. The zero-order valence-corrected chi connectivity index (χ0v) is 7.36. The van der Waals surface area contributed by atoms with E-state index >= 15 is 0 Å². The molecule has 0 saturated carbocycles. The van der Waals surface area contributed by atoms with Crippen LogP contribution in [0.3, 0.4) is 0 Å². The van der Waals surface area contributed by atoms with Gasteiger partial charge in [-0.25, -0.2) is 0 Å². The first-order valence-electron chi connectivity index (χ1n) is 3.81. The summed E-state index contributed by atoms with van der Waals surface area (Å²) in [5.74, 6) is 0.738. The first-order valence-corrected chi connectivity index (χ1v) is 3.81. The highest BCUT2D eigenvalue weighted by atomic mass is 14.2. The predicted molar refractivity (Wildman–Crippen MR) is 43.2 cm³/mol. The summed E-state index contributed by atoms with van der Waals surface area (Å²) in [5.41, 5.74) is 0.454. The summed E-state index contributed by atoms with van der Waals surface area (Å²) in [5, 5.41) is 0. The van der Waals surface area contributed by atoms with E-state index in [1.54, 1.807) is 0 Å². The van der Waals surface area contributed by atoms with Crippen LogP contribution >= 0.6 is 0 Å². The van der Waals surface area contributed by atoms with Crippen LogP contribution in [-0.4, -0.2) is 0 Å². The summed E-state index contributed by atoms with van der Waals surface area (Å²) in [7, 11) is 0. The van der Waals surface area contributed by atoms with E-state index in [0.29, 0.717) is 5.41 Å². The van der Waals surface area contributed by atoms with Crippen molar-refractivity contribution >= 4 is 0 Å². The summed E-state index contributed by atoms with van der Waals surface area (Å²) >= 11 is 0. The molecule has 0 radical (unpaired) electrons. The van der Waals surface area contributed by atoms with Gasteiger partial charge in [0.1, 0.15) is 0 Å². The second-order valence-corrected chi connectivity index (χ2v) is 3.80. The Morgan fingerprint density at radius 3 is 1.89 bits per heavy atom. The number of rotatable bonds is 2. The molecule has 0 spiro atoms. The fraction of sp³-hybridized carbons (Fsp3) is 0.889. The third-order valence-electron chi connectivity index (χ3n) is 1.96. The van der Waals surface area contributed by atoms with Gasteiger partial charge in [0.25, 0.3) is 0 Å². The molecule has 0 aliphatic rings. The molecule has 0 aliphatic carbocycles. The van der Waals surface area contributed by atoms with Crippen LogP contribution in [0.25, 0.3) is 0 Å². The van der Waals surface area contributed by atoms with Gasteiger partial charge in [-0.15, -0.1) is 0 Å². The minimum absolute atomic E-state index is 0.454.